The van der Waals surface area contributed by atoms with Crippen molar-refractivity contribution in [1.82, 2.24) is 19.9 Å². The molecule has 1 aliphatic heterocycles. The monoisotopic (exact) mass is 377 g/mol. The zero-order valence-corrected chi connectivity index (χ0v) is 16.0. The van der Waals surface area contributed by atoms with E-state index in [1.165, 1.54) is 0 Å². The molecule has 2 N–H and O–H groups in total. The lowest BCUT2D eigenvalue weighted by Crippen LogP contribution is -2.31. The van der Waals surface area contributed by atoms with Crippen LogP contribution in [0.15, 0.2) is 36.5 Å². The van der Waals surface area contributed by atoms with Crippen molar-refractivity contribution in [2.24, 2.45) is 0 Å². The molecule has 0 fully saturated rings. The highest BCUT2D eigenvalue weighted by molar-refractivity contribution is 6.07. The summed E-state index contributed by atoms with van der Waals surface area (Å²) in [5, 5.41) is 6.75. The maximum atomic E-state index is 13.0. The molecule has 28 heavy (non-hydrogen) atoms. The first-order valence-electron chi connectivity index (χ1n) is 9.60. The first kappa shape index (κ1) is 18.2. The van der Waals surface area contributed by atoms with E-state index in [0.717, 1.165) is 35.9 Å². The zero-order valence-electron chi connectivity index (χ0n) is 16.0. The van der Waals surface area contributed by atoms with Gasteiger partial charge in [0.15, 0.2) is 5.82 Å². The molecule has 2 amide bonds. The fourth-order valence-electron chi connectivity index (χ4n) is 3.61. The summed E-state index contributed by atoms with van der Waals surface area (Å²) in [5.41, 5.74) is 2.55. The van der Waals surface area contributed by atoms with Crippen LogP contribution in [0.4, 0.5) is 5.69 Å². The van der Waals surface area contributed by atoms with Gasteiger partial charge >= 0.3 is 0 Å². The smallest absolute Gasteiger partial charge is 0.291 e. The van der Waals surface area contributed by atoms with E-state index in [9.17, 15) is 9.59 Å². The summed E-state index contributed by atoms with van der Waals surface area (Å²) < 4.78 is 1.88. The summed E-state index contributed by atoms with van der Waals surface area (Å²) in [6, 6.07) is 9.46. The Hall–Kier alpha value is -3.22. The highest BCUT2D eigenvalue weighted by atomic mass is 16.2. The number of carbonyl (C=O) groups is 2. The SMILES string of the molecule is CC(C)NC(=O)c1nc(C(=O)Nc2cccc3cccnc23)n2c1CCCC2. The summed E-state index contributed by atoms with van der Waals surface area (Å²) in [6.45, 7) is 4.50. The number of hydrogen-bond acceptors (Lipinski definition) is 4. The summed E-state index contributed by atoms with van der Waals surface area (Å²) in [5.74, 6) is -0.284. The molecule has 0 saturated heterocycles. The minimum atomic E-state index is -0.329. The molecule has 1 aromatic carbocycles. The van der Waals surface area contributed by atoms with E-state index in [-0.39, 0.29) is 23.7 Å². The first-order valence-corrected chi connectivity index (χ1v) is 9.60. The molecule has 7 nitrogen and oxygen atoms in total. The van der Waals surface area contributed by atoms with Crippen molar-refractivity contribution in [3.63, 3.8) is 0 Å². The lowest BCUT2D eigenvalue weighted by Gasteiger charge is -2.17. The molecule has 0 unspecified atom stereocenters. The van der Waals surface area contributed by atoms with Gasteiger partial charge in [0.05, 0.1) is 16.9 Å². The molecular weight excluding hydrogens is 354 g/mol. The molecule has 3 heterocycles. The van der Waals surface area contributed by atoms with Gasteiger partial charge in [0.1, 0.15) is 5.69 Å². The van der Waals surface area contributed by atoms with Crippen LogP contribution in [-0.2, 0) is 13.0 Å². The lowest BCUT2D eigenvalue weighted by molar-refractivity contribution is 0.0937. The third kappa shape index (κ3) is 3.35. The van der Waals surface area contributed by atoms with Crippen molar-refractivity contribution in [2.45, 2.75) is 45.7 Å². The Morgan fingerprint density at radius 2 is 1.93 bits per heavy atom. The zero-order chi connectivity index (χ0) is 19.7. The highest BCUT2D eigenvalue weighted by Gasteiger charge is 2.28. The number of nitrogens with one attached hydrogen (secondary N) is 2. The standard InChI is InChI=1S/C21H23N5O2/c1-13(2)23-20(27)18-16-10-3-4-12-26(16)19(25-18)21(28)24-15-9-5-7-14-8-6-11-22-17(14)15/h5-9,11,13H,3-4,10,12H2,1-2H3,(H,23,27)(H,24,28). The number of pyridine rings is 1. The van der Waals surface area contributed by atoms with Gasteiger partial charge < -0.3 is 15.2 Å². The Kier molecular flexibility index (Phi) is 4.81. The van der Waals surface area contributed by atoms with E-state index in [0.29, 0.717) is 17.9 Å². The number of imidazole rings is 1. The van der Waals surface area contributed by atoms with Gasteiger partial charge in [0.25, 0.3) is 11.8 Å². The van der Waals surface area contributed by atoms with Crippen LogP contribution in [0.1, 0.15) is 53.5 Å². The second-order valence-electron chi connectivity index (χ2n) is 7.30. The van der Waals surface area contributed by atoms with Gasteiger partial charge in [-0.15, -0.1) is 0 Å². The van der Waals surface area contributed by atoms with Crippen molar-refractivity contribution < 1.29 is 9.59 Å². The fraction of sp³-hybridized carbons (Fsp3) is 0.333. The number of aromatic nitrogens is 3. The van der Waals surface area contributed by atoms with Gasteiger partial charge in [-0.2, -0.15) is 0 Å². The average molecular weight is 377 g/mol. The Morgan fingerprint density at radius 1 is 1.11 bits per heavy atom. The van der Waals surface area contributed by atoms with E-state index < -0.39 is 0 Å². The third-order valence-corrected chi connectivity index (χ3v) is 4.84. The number of nitrogens with zero attached hydrogens (tertiary/aromatic N) is 3. The lowest BCUT2D eigenvalue weighted by atomic mass is 10.1. The predicted molar refractivity (Wildman–Crippen MR) is 107 cm³/mol. The maximum Gasteiger partial charge on any atom is 0.291 e. The number of amides is 2. The summed E-state index contributed by atoms with van der Waals surface area (Å²) >= 11 is 0. The van der Waals surface area contributed by atoms with E-state index in [2.05, 4.69) is 20.6 Å². The van der Waals surface area contributed by atoms with Crippen LogP contribution < -0.4 is 10.6 Å². The van der Waals surface area contributed by atoms with Gasteiger partial charge in [-0.3, -0.25) is 14.6 Å². The predicted octanol–water partition coefficient (Wildman–Crippen LogP) is 3.16. The van der Waals surface area contributed by atoms with Crippen LogP contribution >= 0.6 is 0 Å². The molecule has 4 rings (SSSR count). The van der Waals surface area contributed by atoms with Crippen LogP contribution in [0.3, 0.4) is 0 Å². The van der Waals surface area contributed by atoms with Gasteiger partial charge in [0, 0.05) is 24.2 Å². The molecule has 0 bridgehead atoms. The Bertz CT molecular complexity index is 1050. The molecule has 0 saturated carbocycles. The van der Waals surface area contributed by atoms with Crippen molar-refractivity contribution >= 4 is 28.4 Å². The minimum Gasteiger partial charge on any atom is -0.348 e. The van der Waals surface area contributed by atoms with Crippen LogP contribution in [0.2, 0.25) is 0 Å². The number of rotatable bonds is 4. The summed E-state index contributed by atoms with van der Waals surface area (Å²) in [6.07, 6.45) is 4.40. The maximum absolute atomic E-state index is 13.0. The summed E-state index contributed by atoms with van der Waals surface area (Å²) in [4.78, 5) is 34.4. The molecule has 0 atom stereocenters. The van der Waals surface area contributed by atoms with Crippen molar-refractivity contribution in [2.75, 3.05) is 5.32 Å². The molecule has 2 aromatic heterocycles. The second-order valence-corrected chi connectivity index (χ2v) is 7.30. The second kappa shape index (κ2) is 7.42. The van der Waals surface area contributed by atoms with E-state index in [1.807, 2.05) is 48.7 Å². The first-order chi connectivity index (χ1) is 13.5. The molecule has 3 aromatic rings. The molecule has 0 aliphatic carbocycles. The largest absolute Gasteiger partial charge is 0.348 e. The van der Waals surface area contributed by atoms with Gasteiger partial charge in [0.2, 0.25) is 0 Å². The molecule has 7 heteroatoms. The van der Waals surface area contributed by atoms with Gasteiger partial charge in [-0.25, -0.2) is 4.98 Å². The van der Waals surface area contributed by atoms with Crippen molar-refractivity contribution in [1.29, 1.82) is 0 Å². The minimum absolute atomic E-state index is 0.00692. The number of para-hydroxylation sites is 1. The van der Waals surface area contributed by atoms with Gasteiger partial charge in [-0.1, -0.05) is 18.2 Å². The number of fused-ring (bicyclic) bond motifs is 2. The normalized spacial score (nSPS) is 13.4. The number of benzene rings is 1. The molecule has 0 radical (unpaired) electrons. The van der Waals surface area contributed by atoms with Crippen LogP contribution in [-0.4, -0.2) is 32.4 Å². The van der Waals surface area contributed by atoms with Crippen LogP contribution in [0.25, 0.3) is 10.9 Å². The topological polar surface area (TPSA) is 88.9 Å². The number of hydrogen-bond donors (Lipinski definition) is 2. The molecular formula is C21H23N5O2. The Labute approximate surface area is 163 Å². The van der Waals surface area contributed by atoms with E-state index in [4.69, 9.17) is 0 Å². The van der Waals surface area contributed by atoms with Crippen LogP contribution in [0, 0.1) is 0 Å². The van der Waals surface area contributed by atoms with E-state index >= 15 is 0 Å². The van der Waals surface area contributed by atoms with Gasteiger partial charge in [-0.05, 0) is 45.2 Å². The Balaban J connectivity index is 1.69. The van der Waals surface area contributed by atoms with Crippen molar-refractivity contribution in [3.8, 4) is 0 Å². The number of anilines is 1. The van der Waals surface area contributed by atoms with E-state index in [1.54, 1.807) is 6.20 Å². The number of carbonyl (C=O) groups excluding carboxylic acids is 2. The van der Waals surface area contributed by atoms with Crippen LogP contribution in [0.5, 0.6) is 0 Å². The molecule has 144 valence electrons. The average Bonchev–Trinajstić information content (AvgIpc) is 3.08. The quantitative estimate of drug-likeness (QED) is 0.731. The van der Waals surface area contributed by atoms with Crippen molar-refractivity contribution in [3.05, 3.63) is 53.7 Å². The molecule has 0 spiro atoms. The fourth-order valence-corrected chi connectivity index (χ4v) is 3.61. The molecule has 1 aliphatic rings. The highest BCUT2D eigenvalue weighted by Crippen LogP contribution is 2.24. The third-order valence-electron chi connectivity index (χ3n) is 4.84. The Morgan fingerprint density at radius 3 is 2.75 bits per heavy atom. The summed E-state index contributed by atoms with van der Waals surface area (Å²) in [7, 11) is 0.